The number of rotatable bonds is 3. The first kappa shape index (κ1) is 14.6. The van der Waals surface area contributed by atoms with E-state index in [1.54, 1.807) is 12.5 Å². The molecule has 1 aliphatic rings. The van der Waals surface area contributed by atoms with E-state index in [9.17, 15) is 9.59 Å². The number of nitrogens with one attached hydrogen (secondary N) is 2. The Kier molecular flexibility index (Phi) is 3.37. The summed E-state index contributed by atoms with van der Waals surface area (Å²) < 4.78 is 6.44. The molecule has 0 radical (unpaired) electrons. The molecule has 24 heavy (non-hydrogen) atoms. The summed E-state index contributed by atoms with van der Waals surface area (Å²) in [7, 11) is 1.45. The van der Waals surface area contributed by atoms with Crippen LogP contribution in [0.25, 0.3) is 11.0 Å². The van der Waals surface area contributed by atoms with Crippen LogP contribution in [0.1, 0.15) is 6.42 Å². The van der Waals surface area contributed by atoms with Gasteiger partial charge in [-0.05, 0) is 18.6 Å². The summed E-state index contributed by atoms with van der Waals surface area (Å²) in [5.41, 5.74) is 0.0759. The minimum absolute atomic E-state index is 0.172. The van der Waals surface area contributed by atoms with Crippen LogP contribution >= 0.6 is 0 Å². The van der Waals surface area contributed by atoms with E-state index in [2.05, 4.69) is 15.3 Å². The first-order chi connectivity index (χ1) is 11.6. The third kappa shape index (κ3) is 2.45. The highest BCUT2D eigenvalue weighted by Gasteiger charge is 2.24. The number of nitrogens with zero attached hydrogens (tertiary/aromatic N) is 3. The Hall–Kier alpha value is -3.03. The van der Waals surface area contributed by atoms with Crippen molar-refractivity contribution in [3.8, 4) is 0 Å². The summed E-state index contributed by atoms with van der Waals surface area (Å²) in [6, 6.07) is 5.34. The first-order valence-electron chi connectivity index (χ1n) is 7.76. The zero-order valence-corrected chi connectivity index (χ0v) is 13.2. The van der Waals surface area contributed by atoms with E-state index in [-0.39, 0.29) is 11.6 Å². The van der Waals surface area contributed by atoms with Crippen molar-refractivity contribution in [2.45, 2.75) is 12.5 Å². The van der Waals surface area contributed by atoms with Gasteiger partial charge in [-0.25, -0.2) is 9.78 Å². The van der Waals surface area contributed by atoms with Gasteiger partial charge in [-0.1, -0.05) is 0 Å². The summed E-state index contributed by atoms with van der Waals surface area (Å²) in [5.74, 6) is 1.34. The zero-order chi connectivity index (χ0) is 16.7. The number of anilines is 2. The Morgan fingerprint density at radius 2 is 2.25 bits per heavy atom. The van der Waals surface area contributed by atoms with Crippen molar-refractivity contribution in [1.29, 1.82) is 0 Å². The molecule has 0 aromatic carbocycles. The van der Waals surface area contributed by atoms with Crippen LogP contribution in [0, 0.1) is 0 Å². The van der Waals surface area contributed by atoms with Crippen molar-refractivity contribution in [2.75, 3.05) is 23.3 Å². The number of furan rings is 1. The van der Waals surface area contributed by atoms with Gasteiger partial charge in [-0.15, -0.1) is 0 Å². The molecule has 8 nitrogen and oxygen atoms in total. The van der Waals surface area contributed by atoms with Gasteiger partial charge in [-0.2, -0.15) is 0 Å². The molecule has 0 saturated carbocycles. The Balaban J connectivity index is 1.54. The van der Waals surface area contributed by atoms with Gasteiger partial charge in [0.1, 0.15) is 17.2 Å². The number of aromatic nitrogens is 3. The van der Waals surface area contributed by atoms with Crippen LogP contribution in [0.2, 0.25) is 0 Å². The number of hydrogen-bond donors (Lipinski definition) is 2. The molecular formula is C16H17N5O3. The highest BCUT2D eigenvalue weighted by molar-refractivity contribution is 5.88. The topological polar surface area (TPSA) is 96.2 Å². The summed E-state index contributed by atoms with van der Waals surface area (Å²) in [6.07, 6.45) is 4.23. The predicted molar refractivity (Wildman–Crippen MR) is 90.6 cm³/mol. The van der Waals surface area contributed by atoms with Gasteiger partial charge in [0, 0.05) is 38.4 Å². The van der Waals surface area contributed by atoms with E-state index in [0.717, 1.165) is 34.3 Å². The maximum absolute atomic E-state index is 11.8. The molecule has 1 fully saturated rings. The van der Waals surface area contributed by atoms with Crippen molar-refractivity contribution in [3.63, 3.8) is 0 Å². The average molecular weight is 327 g/mol. The molecule has 3 aromatic heterocycles. The van der Waals surface area contributed by atoms with Crippen molar-refractivity contribution in [2.24, 2.45) is 7.05 Å². The highest BCUT2D eigenvalue weighted by Crippen LogP contribution is 2.25. The maximum Gasteiger partial charge on any atom is 0.329 e. The largest absolute Gasteiger partial charge is 0.464 e. The normalized spacial score (nSPS) is 17.5. The second-order valence-corrected chi connectivity index (χ2v) is 5.92. The lowest BCUT2D eigenvalue weighted by molar-refractivity contribution is 0.615. The molecule has 0 bridgehead atoms. The Morgan fingerprint density at radius 3 is 3.08 bits per heavy atom. The molecule has 1 saturated heterocycles. The fourth-order valence-corrected chi connectivity index (χ4v) is 3.01. The van der Waals surface area contributed by atoms with E-state index in [4.69, 9.17) is 4.42 Å². The molecule has 0 amide bonds. The lowest BCUT2D eigenvalue weighted by atomic mass is 10.2. The number of hydrogen-bond acceptors (Lipinski definition) is 6. The Labute approximate surface area is 136 Å². The highest BCUT2D eigenvalue weighted by atomic mass is 16.3. The van der Waals surface area contributed by atoms with E-state index in [0.29, 0.717) is 12.4 Å². The molecule has 2 N–H and O–H groups in total. The second-order valence-electron chi connectivity index (χ2n) is 5.92. The zero-order valence-electron chi connectivity index (χ0n) is 13.2. The minimum Gasteiger partial charge on any atom is -0.464 e. The van der Waals surface area contributed by atoms with Crippen LogP contribution in [0.4, 0.5) is 11.6 Å². The molecule has 3 aromatic rings. The predicted octanol–water partition coefficient (Wildman–Crippen LogP) is 0.906. The minimum atomic E-state index is -0.404. The monoisotopic (exact) mass is 327 g/mol. The molecule has 0 unspecified atom stereocenters. The van der Waals surface area contributed by atoms with Gasteiger partial charge in [0.2, 0.25) is 0 Å². The van der Waals surface area contributed by atoms with Gasteiger partial charge >= 0.3 is 5.69 Å². The number of H-pyrrole nitrogens is 1. The molecule has 1 atom stereocenters. The smallest absolute Gasteiger partial charge is 0.329 e. The van der Waals surface area contributed by atoms with Crippen LogP contribution in [-0.4, -0.2) is 33.7 Å². The molecular weight excluding hydrogens is 310 g/mol. The van der Waals surface area contributed by atoms with Gasteiger partial charge in [0.25, 0.3) is 5.56 Å². The summed E-state index contributed by atoms with van der Waals surface area (Å²) in [5, 5.41) is 4.36. The van der Waals surface area contributed by atoms with E-state index < -0.39 is 5.69 Å². The molecule has 0 aliphatic carbocycles. The van der Waals surface area contributed by atoms with Gasteiger partial charge in [0.15, 0.2) is 0 Å². The number of fused-ring (bicyclic) bond motifs is 1. The lowest BCUT2D eigenvalue weighted by Crippen LogP contribution is -2.35. The third-order valence-corrected chi connectivity index (χ3v) is 4.38. The number of aromatic amines is 1. The van der Waals surface area contributed by atoms with Gasteiger partial charge in [0.05, 0.1) is 11.6 Å². The van der Waals surface area contributed by atoms with E-state index in [1.165, 1.54) is 13.1 Å². The first-order valence-corrected chi connectivity index (χ1v) is 7.76. The average Bonchev–Trinajstić information content (AvgIpc) is 3.21. The van der Waals surface area contributed by atoms with Gasteiger partial charge < -0.3 is 14.6 Å². The molecule has 124 valence electrons. The quantitative estimate of drug-likeness (QED) is 0.742. The second kappa shape index (κ2) is 5.55. The summed E-state index contributed by atoms with van der Waals surface area (Å²) in [6.45, 7) is 1.43. The molecule has 4 heterocycles. The van der Waals surface area contributed by atoms with Gasteiger partial charge in [-0.3, -0.25) is 14.3 Å². The fourth-order valence-electron chi connectivity index (χ4n) is 3.01. The summed E-state index contributed by atoms with van der Waals surface area (Å²) in [4.78, 5) is 32.7. The standard InChI is InChI=1S/C16H17N5O3/c1-20-14(22)8-13(19-16(20)23)21-6-3-10(9-21)18-15-11-4-7-24-12(11)2-5-17-15/h2,4-5,7-8,10H,3,6,9H2,1H3,(H,17,18)(H,19,23)/t10-/m0/s1. The number of pyridine rings is 1. The molecule has 1 aliphatic heterocycles. The van der Waals surface area contributed by atoms with Crippen molar-refractivity contribution >= 4 is 22.6 Å². The molecule has 4 rings (SSSR count). The molecule has 0 spiro atoms. The van der Waals surface area contributed by atoms with Crippen LogP contribution in [0.5, 0.6) is 0 Å². The van der Waals surface area contributed by atoms with Crippen LogP contribution in [0.15, 0.2) is 44.7 Å². The third-order valence-electron chi connectivity index (χ3n) is 4.38. The van der Waals surface area contributed by atoms with Crippen molar-refractivity contribution in [3.05, 3.63) is 51.5 Å². The lowest BCUT2D eigenvalue weighted by Gasteiger charge is -2.18. The Morgan fingerprint density at radius 1 is 1.38 bits per heavy atom. The van der Waals surface area contributed by atoms with E-state index >= 15 is 0 Å². The van der Waals surface area contributed by atoms with Crippen LogP contribution in [0.3, 0.4) is 0 Å². The van der Waals surface area contributed by atoms with Crippen molar-refractivity contribution in [1.82, 2.24) is 14.5 Å². The fraction of sp³-hybridized carbons (Fsp3) is 0.312. The van der Waals surface area contributed by atoms with E-state index in [1.807, 2.05) is 17.0 Å². The summed E-state index contributed by atoms with van der Waals surface area (Å²) >= 11 is 0. The SMILES string of the molecule is Cn1c(=O)cc(N2CC[C@H](Nc3nccc4occc34)C2)[nH]c1=O. The van der Waals surface area contributed by atoms with Crippen molar-refractivity contribution < 1.29 is 4.42 Å². The van der Waals surface area contributed by atoms with Crippen LogP contribution < -0.4 is 21.5 Å². The van der Waals surface area contributed by atoms with Crippen LogP contribution in [-0.2, 0) is 7.05 Å². The maximum atomic E-state index is 11.8. The molecule has 8 heteroatoms. The Bertz CT molecular complexity index is 971.